The van der Waals surface area contributed by atoms with E-state index in [1.807, 2.05) is 38.1 Å². The molecule has 1 aliphatic heterocycles. The highest BCUT2D eigenvalue weighted by Gasteiger charge is 2.46. The van der Waals surface area contributed by atoms with E-state index in [1.54, 1.807) is 32.4 Å². The van der Waals surface area contributed by atoms with Gasteiger partial charge in [0.05, 0.1) is 25.4 Å². The molecule has 1 unspecified atom stereocenters. The Morgan fingerprint density at radius 3 is 2.43 bits per heavy atom. The fraction of sp³-hybridized carbons (Fsp3) is 0.409. The monoisotopic (exact) mass is 384 g/mol. The van der Waals surface area contributed by atoms with E-state index < -0.39 is 5.54 Å². The third-order valence-electron chi connectivity index (χ3n) is 5.36. The molecule has 0 bridgehead atoms. The van der Waals surface area contributed by atoms with Crippen LogP contribution in [0.1, 0.15) is 18.9 Å². The van der Waals surface area contributed by atoms with Gasteiger partial charge in [0.25, 0.3) is 0 Å². The molecule has 1 fully saturated rings. The van der Waals surface area contributed by atoms with Crippen LogP contribution in [0.3, 0.4) is 0 Å². The molecule has 6 heteroatoms. The molecule has 6 nitrogen and oxygen atoms in total. The summed E-state index contributed by atoms with van der Waals surface area (Å²) in [4.78, 5) is 15.1. The summed E-state index contributed by atoms with van der Waals surface area (Å²) in [6.07, 6.45) is 0.801. The summed E-state index contributed by atoms with van der Waals surface area (Å²) in [5, 5.41) is 3.00. The summed E-state index contributed by atoms with van der Waals surface area (Å²) in [5.74, 6) is 2.06. The van der Waals surface area contributed by atoms with Gasteiger partial charge in [-0.25, -0.2) is 0 Å². The van der Waals surface area contributed by atoms with Gasteiger partial charge in [0.15, 0.2) is 0 Å². The molecule has 0 aliphatic carbocycles. The van der Waals surface area contributed by atoms with E-state index in [0.717, 1.165) is 18.7 Å². The third kappa shape index (κ3) is 4.22. The van der Waals surface area contributed by atoms with Gasteiger partial charge in [-0.15, -0.1) is 0 Å². The van der Waals surface area contributed by atoms with Crippen LogP contribution in [0.15, 0.2) is 42.5 Å². The molecule has 150 valence electrons. The lowest BCUT2D eigenvalue weighted by molar-refractivity contribution is -0.135. The number of benzene rings is 2. The molecule has 1 amide bonds. The topological polar surface area (TPSA) is 60.0 Å². The van der Waals surface area contributed by atoms with Crippen molar-refractivity contribution in [2.24, 2.45) is 0 Å². The Morgan fingerprint density at radius 2 is 1.82 bits per heavy atom. The number of ether oxygens (including phenoxy) is 3. The van der Waals surface area contributed by atoms with Crippen molar-refractivity contribution in [2.75, 3.05) is 39.2 Å². The van der Waals surface area contributed by atoms with Crippen LogP contribution in [0.4, 0.5) is 5.69 Å². The van der Waals surface area contributed by atoms with Gasteiger partial charge in [0.1, 0.15) is 23.9 Å². The minimum atomic E-state index is -0.565. The van der Waals surface area contributed by atoms with Crippen molar-refractivity contribution < 1.29 is 19.0 Å². The highest BCUT2D eigenvalue weighted by atomic mass is 16.5. The number of rotatable bonds is 8. The largest absolute Gasteiger partial charge is 0.497 e. The smallest absolute Gasteiger partial charge is 0.244 e. The number of likely N-dealkylation sites (tertiary alicyclic amines) is 1. The predicted octanol–water partition coefficient (Wildman–Crippen LogP) is 3.49. The normalized spacial score (nSPS) is 18.9. The summed E-state index contributed by atoms with van der Waals surface area (Å²) in [7, 11) is 3.17. The van der Waals surface area contributed by atoms with Crippen molar-refractivity contribution in [1.29, 1.82) is 0 Å². The first-order valence-corrected chi connectivity index (χ1v) is 9.44. The molecule has 2 aromatic rings. The zero-order chi connectivity index (χ0) is 20.1. The second-order valence-electron chi connectivity index (χ2n) is 7.19. The van der Waals surface area contributed by atoms with Crippen LogP contribution in [-0.2, 0) is 4.79 Å². The van der Waals surface area contributed by atoms with E-state index in [0.29, 0.717) is 30.3 Å². The number of anilines is 1. The highest BCUT2D eigenvalue weighted by Crippen LogP contribution is 2.34. The van der Waals surface area contributed by atoms with Crippen LogP contribution in [0.5, 0.6) is 17.2 Å². The van der Waals surface area contributed by atoms with E-state index in [9.17, 15) is 4.79 Å². The summed E-state index contributed by atoms with van der Waals surface area (Å²) >= 11 is 0. The molecule has 0 aromatic heterocycles. The standard InChI is InChI=1S/C22H28N2O4/c1-16-5-7-17(8-6-16)28-14-13-24-12-11-22(24,2)21(25)23-19-15-18(26-3)9-10-20(19)27-4/h5-10,15H,11-14H2,1-4H3,(H,23,25). The predicted molar refractivity (Wildman–Crippen MR) is 109 cm³/mol. The molecule has 1 N–H and O–H groups in total. The number of carbonyl (C=O) groups excluding carboxylic acids is 1. The average Bonchev–Trinajstić information content (AvgIpc) is 2.70. The Labute approximate surface area is 166 Å². The summed E-state index contributed by atoms with van der Waals surface area (Å²) < 4.78 is 16.4. The van der Waals surface area contributed by atoms with Gasteiger partial charge in [-0.05, 0) is 44.5 Å². The number of amides is 1. The van der Waals surface area contributed by atoms with Crippen molar-refractivity contribution in [2.45, 2.75) is 25.8 Å². The zero-order valence-corrected chi connectivity index (χ0v) is 17.0. The Morgan fingerprint density at radius 1 is 1.11 bits per heavy atom. The minimum absolute atomic E-state index is 0.0550. The van der Waals surface area contributed by atoms with Crippen molar-refractivity contribution >= 4 is 11.6 Å². The van der Waals surface area contributed by atoms with Crippen molar-refractivity contribution in [3.8, 4) is 17.2 Å². The van der Waals surface area contributed by atoms with E-state index in [1.165, 1.54) is 5.56 Å². The van der Waals surface area contributed by atoms with Crippen LogP contribution in [-0.4, -0.2) is 50.3 Å². The van der Waals surface area contributed by atoms with Crippen LogP contribution in [0.2, 0.25) is 0 Å². The maximum atomic E-state index is 13.0. The third-order valence-corrected chi connectivity index (χ3v) is 5.36. The number of carbonyl (C=O) groups is 1. The first kappa shape index (κ1) is 20.0. The Kier molecular flexibility index (Phi) is 6.09. The van der Waals surface area contributed by atoms with Crippen molar-refractivity contribution in [3.05, 3.63) is 48.0 Å². The molecule has 1 aliphatic rings. The number of hydrogen-bond acceptors (Lipinski definition) is 5. The molecule has 1 saturated heterocycles. The van der Waals surface area contributed by atoms with Crippen LogP contribution < -0.4 is 19.5 Å². The molecule has 1 heterocycles. The van der Waals surface area contributed by atoms with E-state index in [4.69, 9.17) is 14.2 Å². The molecule has 2 aromatic carbocycles. The number of methoxy groups -OCH3 is 2. The second-order valence-corrected chi connectivity index (χ2v) is 7.19. The lowest BCUT2D eigenvalue weighted by Gasteiger charge is -2.49. The van der Waals surface area contributed by atoms with Gasteiger partial charge in [0.2, 0.25) is 5.91 Å². The Bertz CT molecular complexity index is 822. The summed E-state index contributed by atoms with van der Waals surface area (Å²) in [6.45, 7) is 6.10. The maximum absolute atomic E-state index is 13.0. The minimum Gasteiger partial charge on any atom is -0.497 e. The molecular formula is C22H28N2O4. The maximum Gasteiger partial charge on any atom is 0.244 e. The molecule has 0 spiro atoms. The molecule has 28 heavy (non-hydrogen) atoms. The van der Waals surface area contributed by atoms with Crippen molar-refractivity contribution in [3.63, 3.8) is 0 Å². The molecule has 1 atom stereocenters. The number of hydrogen-bond donors (Lipinski definition) is 1. The highest BCUT2D eigenvalue weighted by molar-refractivity contribution is 5.99. The molecule has 0 saturated carbocycles. The van der Waals surface area contributed by atoms with E-state index >= 15 is 0 Å². The van der Waals surface area contributed by atoms with Gasteiger partial charge in [-0.3, -0.25) is 9.69 Å². The van der Waals surface area contributed by atoms with Crippen LogP contribution in [0.25, 0.3) is 0 Å². The molecular weight excluding hydrogens is 356 g/mol. The average molecular weight is 384 g/mol. The lowest BCUT2D eigenvalue weighted by Crippen LogP contribution is -2.65. The quantitative estimate of drug-likeness (QED) is 0.755. The second kappa shape index (κ2) is 8.52. The fourth-order valence-electron chi connectivity index (χ4n) is 3.30. The van der Waals surface area contributed by atoms with Crippen LogP contribution in [0, 0.1) is 6.92 Å². The van der Waals surface area contributed by atoms with E-state index in [2.05, 4.69) is 10.2 Å². The van der Waals surface area contributed by atoms with Gasteiger partial charge < -0.3 is 19.5 Å². The van der Waals surface area contributed by atoms with Crippen LogP contribution >= 0.6 is 0 Å². The van der Waals surface area contributed by atoms with E-state index in [-0.39, 0.29) is 5.91 Å². The SMILES string of the molecule is COc1ccc(OC)c(NC(=O)C2(C)CCN2CCOc2ccc(C)cc2)c1. The summed E-state index contributed by atoms with van der Waals surface area (Å²) in [5.41, 5.74) is 1.24. The first-order chi connectivity index (χ1) is 13.5. The van der Waals surface area contributed by atoms with Gasteiger partial charge in [-0.2, -0.15) is 0 Å². The molecule has 3 rings (SSSR count). The Hall–Kier alpha value is -2.73. The Balaban J connectivity index is 1.59. The number of nitrogens with zero attached hydrogens (tertiary/aromatic N) is 1. The number of nitrogens with one attached hydrogen (secondary N) is 1. The number of aryl methyl sites for hydroxylation is 1. The van der Waals surface area contributed by atoms with Gasteiger partial charge >= 0.3 is 0 Å². The van der Waals surface area contributed by atoms with Crippen molar-refractivity contribution in [1.82, 2.24) is 4.90 Å². The lowest BCUT2D eigenvalue weighted by atomic mass is 9.85. The zero-order valence-electron chi connectivity index (χ0n) is 17.0. The summed E-state index contributed by atoms with van der Waals surface area (Å²) in [6, 6.07) is 13.3. The van der Waals surface area contributed by atoms with Gasteiger partial charge in [0, 0.05) is 19.2 Å². The fourth-order valence-corrected chi connectivity index (χ4v) is 3.30. The first-order valence-electron chi connectivity index (χ1n) is 9.44. The molecule has 0 radical (unpaired) electrons. The van der Waals surface area contributed by atoms with Gasteiger partial charge in [-0.1, -0.05) is 17.7 Å².